The predicted molar refractivity (Wildman–Crippen MR) is 120 cm³/mol. The molecule has 1 aromatic heterocycles. The van der Waals surface area contributed by atoms with Crippen LogP contribution in [0.1, 0.15) is 43.9 Å². The van der Waals surface area contributed by atoms with Crippen LogP contribution < -0.4 is 5.32 Å². The van der Waals surface area contributed by atoms with E-state index in [1.54, 1.807) is 12.3 Å². The molecule has 0 amide bonds. The number of carbonyl (C=O) groups excluding carboxylic acids is 1. The summed E-state index contributed by atoms with van der Waals surface area (Å²) in [5, 5.41) is 5.80. The Labute approximate surface area is 179 Å². The van der Waals surface area contributed by atoms with Crippen molar-refractivity contribution in [1.29, 1.82) is 0 Å². The highest BCUT2D eigenvalue weighted by molar-refractivity contribution is 6.35. The molecule has 0 fully saturated rings. The minimum Gasteiger partial charge on any atom is -0.373 e. The number of benzene rings is 2. The first-order chi connectivity index (χ1) is 13.8. The summed E-state index contributed by atoms with van der Waals surface area (Å²) in [6, 6.07) is 13.3. The average Bonchev–Trinajstić information content (AvgIpc) is 2.66. The second-order valence-electron chi connectivity index (χ2n) is 8.63. The van der Waals surface area contributed by atoms with Crippen LogP contribution in [-0.2, 0) is 4.79 Å². The lowest BCUT2D eigenvalue weighted by Gasteiger charge is -2.40. The minimum atomic E-state index is -0.292. The zero-order chi connectivity index (χ0) is 20.3. The summed E-state index contributed by atoms with van der Waals surface area (Å²) in [6.07, 6.45) is 3.15. The standard InChI is InChI=1S/C24H20Cl2N2O/c1-24(2)11-16-21-15-4-3-9-27-18(15)7-8-19(21)28-23(22(16)20(29)12-24)14-6-5-13(25)10-17(14)26/h3-10,23,28H,11-12H2,1-2H3/t23-/m1/s1. The molecule has 1 aliphatic carbocycles. The molecule has 3 nitrogen and oxygen atoms in total. The third-order valence-electron chi connectivity index (χ3n) is 5.87. The molecule has 2 heterocycles. The third-order valence-corrected chi connectivity index (χ3v) is 6.43. The van der Waals surface area contributed by atoms with E-state index in [2.05, 4.69) is 36.3 Å². The molecule has 2 aromatic carbocycles. The summed E-state index contributed by atoms with van der Waals surface area (Å²) in [5.74, 6) is 0.173. The molecule has 5 rings (SSSR count). The van der Waals surface area contributed by atoms with Gasteiger partial charge in [0.05, 0.1) is 11.6 Å². The number of anilines is 1. The molecular weight excluding hydrogens is 403 g/mol. The highest BCUT2D eigenvalue weighted by atomic mass is 35.5. The number of nitrogens with one attached hydrogen (secondary N) is 1. The van der Waals surface area contributed by atoms with E-state index in [4.69, 9.17) is 23.2 Å². The molecule has 146 valence electrons. The van der Waals surface area contributed by atoms with Crippen LogP contribution in [0.25, 0.3) is 16.5 Å². The van der Waals surface area contributed by atoms with Crippen molar-refractivity contribution in [3.63, 3.8) is 0 Å². The number of allylic oxidation sites excluding steroid dienone is 1. The Morgan fingerprint density at radius 1 is 1.10 bits per heavy atom. The number of hydrogen-bond acceptors (Lipinski definition) is 3. The summed E-state index contributed by atoms with van der Waals surface area (Å²) < 4.78 is 0. The minimum absolute atomic E-state index is 0.0940. The molecule has 0 spiro atoms. The highest BCUT2D eigenvalue weighted by Gasteiger charge is 2.41. The summed E-state index contributed by atoms with van der Waals surface area (Å²) in [6.45, 7) is 4.31. The normalized spacial score (nSPS) is 20.3. The van der Waals surface area contributed by atoms with Gasteiger partial charge in [-0.2, -0.15) is 0 Å². The molecule has 0 saturated carbocycles. The molecule has 1 atom stereocenters. The fourth-order valence-corrected chi connectivity index (χ4v) is 5.20. The van der Waals surface area contributed by atoms with Gasteiger partial charge < -0.3 is 5.32 Å². The number of nitrogens with zero attached hydrogens (tertiary/aromatic N) is 1. The molecule has 1 aliphatic heterocycles. The smallest absolute Gasteiger partial charge is 0.162 e. The van der Waals surface area contributed by atoms with Gasteiger partial charge in [-0.1, -0.05) is 49.2 Å². The quantitative estimate of drug-likeness (QED) is 0.465. The third kappa shape index (κ3) is 3.04. The van der Waals surface area contributed by atoms with Crippen LogP contribution >= 0.6 is 23.2 Å². The first kappa shape index (κ1) is 18.7. The fourth-order valence-electron chi connectivity index (χ4n) is 4.69. The number of pyridine rings is 1. The van der Waals surface area contributed by atoms with E-state index in [0.29, 0.717) is 16.5 Å². The lowest BCUT2D eigenvalue weighted by atomic mass is 9.68. The number of carbonyl (C=O) groups is 1. The highest BCUT2D eigenvalue weighted by Crippen LogP contribution is 2.52. The Balaban J connectivity index is 1.81. The van der Waals surface area contributed by atoms with E-state index in [9.17, 15) is 4.79 Å². The van der Waals surface area contributed by atoms with Crippen LogP contribution in [0.5, 0.6) is 0 Å². The number of fused-ring (bicyclic) bond motifs is 4. The van der Waals surface area contributed by atoms with E-state index in [1.165, 1.54) is 0 Å². The van der Waals surface area contributed by atoms with Crippen molar-refractivity contribution < 1.29 is 4.79 Å². The van der Waals surface area contributed by atoms with E-state index >= 15 is 0 Å². The molecule has 29 heavy (non-hydrogen) atoms. The van der Waals surface area contributed by atoms with Gasteiger partial charge in [-0.05, 0) is 53.3 Å². The summed E-state index contributed by atoms with van der Waals surface area (Å²) in [7, 11) is 0. The van der Waals surface area contributed by atoms with E-state index in [0.717, 1.165) is 45.3 Å². The molecule has 0 bridgehead atoms. The number of halogens is 2. The first-order valence-electron chi connectivity index (χ1n) is 9.70. The van der Waals surface area contributed by atoms with E-state index in [1.807, 2.05) is 24.3 Å². The van der Waals surface area contributed by atoms with Crippen molar-refractivity contribution in [2.45, 2.75) is 32.7 Å². The fraction of sp³-hybridized carbons (Fsp3) is 0.250. The molecule has 0 unspecified atom stereocenters. The Morgan fingerprint density at radius 2 is 1.93 bits per heavy atom. The van der Waals surface area contributed by atoms with E-state index < -0.39 is 0 Å². The van der Waals surface area contributed by atoms with Gasteiger partial charge in [-0.15, -0.1) is 0 Å². The van der Waals surface area contributed by atoms with Crippen molar-refractivity contribution in [3.8, 4) is 0 Å². The number of Topliss-reactive ketones (excluding diaryl/α,β-unsaturated/α-hetero) is 1. The monoisotopic (exact) mass is 422 g/mol. The SMILES string of the molecule is CC1(C)CC(=O)C2=C(C1)c1c(ccc3ncccc13)N[C@@H]2c1ccc(Cl)cc1Cl. The van der Waals surface area contributed by atoms with Gasteiger partial charge in [0.25, 0.3) is 0 Å². The van der Waals surface area contributed by atoms with Crippen LogP contribution in [0.15, 0.2) is 54.2 Å². The molecule has 1 N–H and O–H groups in total. The Hall–Kier alpha value is -2.36. The second kappa shape index (κ2) is 6.58. The van der Waals surface area contributed by atoms with Crippen molar-refractivity contribution in [2.24, 2.45) is 5.41 Å². The molecule has 2 aliphatic rings. The first-order valence-corrected chi connectivity index (χ1v) is 10.5. The lowest BCUT2D eigenvalue weighted by Crippen LogP contribution is -2.33. The van der Waals surface area contributed by atoms with Gasteiger partial charge in [0, 0.05) is 44.9 Å². The number of aromatic nitrogens is 1. The van der Waals surface area contributed by atoms with Crippen molar-refractivity contribution >= 4 is 51.1 Å². The van der Waals surface area contributed by atoms with Crippen LogP contribution in [0.3, 0.4) is 0 Å². The van der Waals surface area contributed by atoms with Gasteiger partial charge in [-0.3, -0.25) is 9.78 Å². The molecule has 0 saturated heterocycles. The van der Waals surface area contributed by atoms with Gasteiger partial charge >= 0.3 is 0 Å². The molecule has 5 heteroatoms. The van der Waals surface area contributed by atoms with Crippen LogP contribution in [0, 0.1) is 5.41 Å². The zero-order valence-electron chi connectivity index (χ0n) is 16.2. The lowest BCUT2D eigenvalue weighted by molar-refractivity contribution is -0.118. The summed E-state index contributed by atoms with van der Waals surface area (Å²) in [5.41, 5.74) is 5.72. The van der Waals surface area contributed by atoms with Crippen LogP contribution in [0.2, 0.25) is 10.0 Å². The molecule has 0 radical (unpaired) electrons. The summed E-state index contributed by atoms with van der Waals surface area (Å²) in [4.78, 5) is 17.9. The van der Waals surface area contributed by atoms with Crippen molar-refractivity contribution in [1.82, 2.24) is 4.98 Å². The number of ketones is 1. The predicted octanol–water partition coefficient (Wildman–Crippen LogP) is 6.85. The van der Waals surface area contributed by atoms with Crippen LogP contribution in [0.4, 0.5) is 5.69 Å². The van der Waals surface area contributed by atoms with Crippen molar-refractivity contribution in [2.75, 3.05) is 5.32 Å². The largest absolute Gasteiger partial charge is 0.373 e. The maximum atomic E-state index is 13.4. The zero-order valence-corrected chi connectivity index (χ0v) is 17.7. The molecular formula is C24H20Cl2N2O. The Bertz CT molecular complexity index is 1210. The Morgan fingerprint density at radius 3 is 2.72 bits per heavy atom. The average molecular weight is 423 g/mol. The van der Waals surface area contributed by atoms with Crippen molar-refractivity contribution in [3.05, 3.63) is 75.4 Å². The number of rotatable bonds is 1. The second-order valence-corrected chi connectivity index (χ2v) is 9.48. The van der Waals surface area contributed by atoms with E-state index in [-0.39, 0.29) is 17.2 Å². The van der Waals surface area contributed by atoms with Gasteiger partial charge in [0.2, 0.25) is 0 Å². The maximum Gasteiger partial charge on any atom is 0.162 e. The van der Waals surface area contributed by atoms with Crippen LogP contribution in [-0.4, -0.2) is 10.8 Å². The van der Waals surface area contributed by atoms with Gasteiger partial charge in [0.1, 0.15) is 0 Å². The summed E-state index contributed by atoms with van der Waals surface area (Å²) >= 11 is 12.7. The van der Waals surface area contributed by atoms with Gasteiger partial charge in [0.15, 0.2) is 5.78 Å². The molecule has 3 aromatic rings. The Kier molecular flexibility index (Phi) is 4.23. The maximum absolute atomic E-state index is 13.4. The topological polar surface area (TPSA) is 42.0 Å². The van der Waals surface area contributed by atoms with Gasteiger partial charge in [-0.25, -0.2) is 0 Å². The number of hydrogen-bond donors (Lipinski definition) is 1.